The zero-order chi connectivity index (χ0) is 66.8. The maximum Gasteiger partial charge on any atom is -0.000000408 e. The van der Waals surface area contributed by atoms with Crippen molar-refractivity contribution in [2.45, 2.75) is 25.7 Å². The average Bonchev–Trinajstić information content (AvgIpc) is 0.387. The quantitative estimate of drug-likeness (QED) is 0.227. The molecular formula is C126H46. The molecule has 0 heteroatoms. The van der Waals surface area contributed by atoms with Crippen LogP contribution in [0.1, 0.15) is 25.7 Å². The first-order chi connectivity index (χ1) is 62.8. The van der Waals surface area contributed by atoms with Crippen LogP contribution in [0.2, 0.25) is 0 Å². The molecule has 104 aliphatic rings. The van der Waals surface area contributed by atoms with Gasteiger partial charge in [0.1, 0.15) is 0 Å². The van der Waals surface area contributed by atoms with Gasteiger partial charge in [-0.2, -0.15) is 0 Å². The highest BCUT2D eigenvalue weighted by atomic mass is 16.0. The Hall–Kier alpha value is 0. The fourth-order valence-electron chi connectivity index (χ4n) is 165. The predicted octanol–water partition coefficient (Wildman–Crippen LogP) is 9.65. The molecule has 0 aromatic heterocycles. The summed E-state index contributed by atoms with van der Waals surface area (Å²) in [6, 6.07) is 0. The Morgan fingerprint density at radius 3 is 0.270 bits per heavy atom. The van der Waals surface area contributed by atoms with Gasteiger partial charge in [-0.3, -0.25) is 0 Å². The smallest absolute Gasteiger partial charge is 0.000000408 e. The predicted molar refractivity (Wildman–Crippen MR) is 389 cm³/mol. The van der Waals surface area contributed by atoms with Crippen LogP contribution < -0.4 is 0 Å². The first-order valence-electron chi connectivity index (χ1n) is 62.8. The molecule has 550 valence electrons. The van der Waals surface area contributed by atoms with E-state index < -0.39 is 0 Å². The van der Waals surface area contributed by atoms with Crippen molar-refractivity contribution in [3.63, 3.8) is 0 Å². The molecule has 0 aromatic rings. The van der Waals surface area contributed by atoms with Crippen LogP contribution in [0.15, 0.2) is 0 Å². The van der Waals surface area contributed by atoms with Crippen molar-refractivity contribution in [2.75, 3.05) is 0 Å². The van der Waals surface area contributed by atoms with Gasteiger partial charge in [-0.05, 0) is 705 Å². The minimum Gasteiger partial charge on any atom is -0.0458 e. The highest BCUT2D eigenvalue weighted by Gasteiger charge is 3.95. The van der Waals surface area contributed by atoms with Gasteiger partial charge in [-0.15, -0.1) is 0 Å². The van der Waals surface area contributed by atoms with E-state index in [2.05, 4.69) is 0 Å². The van der Waals surface area contributed by atoms with E-state index in [1.54, 1.807) is 0 Å². The molecule has 104 aliphatic carbocycles. The summed E-state index contributed by atoms with van der Waals surface area (Å²) in [6.45, 7) is 0. The Morgan fingerprint density at radius 2 is 0.151 bits per heavy atom. The van der Waals surface area contributed by atoms with Crippen LogP contribution in [0.5, 0.6) is 0 Å². The lowest BCUT2D eigenvalue weighted by Gasteiger charge is -3.86. The minimum absolute atomic E-state index is 1.12. The van der Waals surface area contributed by atoms with Crippen molar-refractivity contribution in [2.24, 2.45) is 452 Å². The molecule has 0 bridgehead atoms. The highest BCUT2D eigenvalue weighted by molar-refractivity contribution is 7.04. The van der Waals surface area contributed by atoms with Crippen molar-refractivity contribution < 1.29 is 0 Å². The molecular weight excluding hydrogens is 1510 g/mol. The molecule has 84 spiro atoms. The molecule has 104 saturated carbocycles. The molecule has 0 N–H and O–H groups in total. The van der Waals surface area contributed by atoms with Crippen molar-refractivity contribution in [3.8, 4) is 0 Å². The van der Waals surface area contributed by atoms with Crippen LogP contribution in [0.3, 0.4) is 0 Å². The number of rotatable bonds is 0. The van der Waals surface area contributed by atoms with E-state index in [1.165, 1.54) is 474 Å². The van der Waals surface area contributed by atoms with Crippen LogP contribution in [0.4, 0.5) is 0 Å². The van der Waals surface area contributed by atoms with Crippen LogP contribution in [0, 0.1) is 680 Å². The van der Waals surface area contributed by atoms with Gasteiger partial charge in [0.05, 0.1) is 0 Å². The van der Waals surface area contributed by atoms with Gasteiger partial charge in [-0.25, -0.2) is 0 Å². The third kappa shape index (κ3) is 0.633. The van der Waals surface area contributed by atoms with Crippen molar-refractivity contribution in [1.29, 1.82) is 0 Å². The monoisotopic (exact) mass is 1560 g/mol. The SMILES string of the molecule is C1C2C3C4C5C6C7C8CC9C%10C%11C%12C%13C%14C%15C%16C%17C%18C%19C%20CC%21C%22C%23C%24C%25C%26C%27CC%28C%29C%30C%31C%32C%33C%34C%35C%36C%37C%38C1C21C32C43C54C65C76C89C%107C%118C%129C%13%10C%14%11C%15%12C%16%13C%17%14C%18%15C%19%16C%21%20C%22%17C%23%18C%24%19C%25%20C%26%21C%27%28C%29%22C%30%23C%31%24C%32%25C%33%26C%34%27C%35%28C%36%29C%37%30C%381C21C32C43C54C67C85C96C%107C%118C%129C%13%10C%14%11C%15%12C%17%16C%18%13C%19%14C%20%15C%21%22C%23%16C%24%17C%25%18C%26%19C%27%20C%28%21C%29%22C%301C21C32C45C63C74C85C96C%107C%118C%13%12C%149C%15%16C%17%10C%18%11C%19%12C%20%13C%21%14C%221C23C%144C%135C%126C%117C9%108. The molecule has 108 atom stereocenters. The summed E-state index contributed by atoms with van der Waals surface area (Å²) in [5.74, 6) is 55.9. The Labute approximate surface area is 700 Å². The van der Waals surface area contributed by atoms with Crippen molar-refractivity contribution in [3.05, 3.63) is 227 Å². The Bertz CT molecular complexity index is 10300. The zero-order valence-corrected chi connectivity index (χ0v) is 66.8. The van der Waals surface area contributed by atoms with Crippen molar-refractivity contribution in [1.82, 2.24) is 0 Å². The lowest BCUT2D eigenvalue weighted by Crippen LogP contribution is -3.80. The summed E-state index contributed by atoms with van der Waals surface area (Å²) >= 11 is 0. The maximum absolute atomic E-state index is 1.97. The number of hydrogen-bond donors (Lipinski definition) is 0. The molecule has 126 heavy (non-hydrogen) atoms. The van der Waals surface area contributed by atoms with E-state index in [1.807, 2.05) is 25.7 Å². The van der Waals surface area contributed by atoms with E-state index in [9.17, 15) is 0 Å². The normalized spacial score (nSPS) is 161. The van der Waals surface area contributed by atoms with E-state index in [0.29, 0.717) is 0 Å². The second kappa shape index (κ2) is 4.97. The first kappa shape index (κ1) is 37.5. The third-order valence-electron chi connectivity index (χ3n) is 122. The summed E-state index contributed by atoms with van der Waals surface area (Å²) < 4.78 is 0. The minimum atomic E-state index is 1.12. The molecule has 0 saturated heterocycles. The van der Waals surface area contributed by atoms with Gasteiger partial charge < -0.3 is 0 Å². The van der Waals surface area contributed by atoms with E-state index in [-0.39, 0.29) is 0 Å². The maximum atomic E-state index is 1.97. The van der Waals surface area contributed by atoms with Gasteiger partial charge in [0.2, 0.25) is 0 Å². The molecule has 0 aliphatic heterocycles. The molecule has 0 amide bonds. The summed E-state index contributed by atoms with van der Waals surface area (Å²) in [5, 5.41) is 0. The van der Waals surface area contributed by atoms with Gasteiger partial charge in [0, 0.05) is 0 Å². The Balaban J connectivity index is 0.543. The Morgan fingerprint density at radius 1 is 0.0714 bits per heavy atom. The van der Waals surface area contributed by atoms with Crippen LogP contribution in [-0.4, -0.2) is 0 Å². The second-order valence-electron chi connectivity index (χ2n) is 86.8. The fourth-order valence-corrected chi connectivity index (χ4v) is 165. The average molecular weight is 1560 g/mol. The number of hydrogen-bond acceptors (Lipinski definition) is 0. The van der Waals surface area contributed by atoms with Crippen LogP contribution in [-0.2, 0) is 0 Å². The van der Waals surface area contributed by atoms with Crippen LogP contribution >= 0.6 is 0 Å². The summed E-state index contributed by atoms with van der Waals surface area (Å²) in [6.07, 6.45) is 7.87. The van der Waals surface area contributed by atoms with Gasteiger partial charge in [-0.1, -0.05) is 0 Å². The van der Waals surface area contributed by atoms with Crippen LogP contribution in [0.25, 0.3) is 0 Å². The Kier molecular flexibility index (Phi) is 1.48. The molecule has 0 nitrogen and oxygen atoms in total. The van der Waals surface area contributed by atoms with Gasteiger partial charge in [0.15, 0.2) is 0 Å². The summed E-state index contributed by atoms with van der Waals surface area (Å²) in [7, 11) is 0. The standard InChI is InChI=1S/C126H46/c1-5-13-21-29-22-14-6-2-10-18-27-33-37-41-42-38-34-28-20-12-4-8-16-24-30-23-15-7-3-11-19-26-32-36-40-39-35-31-25-17-9(1)43(5)47(13)55(21)63(29)56(22)48(14)44(6,10)52(18)60(27)67(33)71(37)75(41)76(42)72(38)68(34)62(28)54(20)46(8,12)50(16)58(24)64(30)57(23)49(15)45(7,11)53(19)61(26)66(32)70(36)74(40)73(39)69(35)65(31)59(25)51(17,43)77(47)81(55)89(63)82(56)78(48,52)86(60)92(67)97(71)101(75)102(76)98(72)94(68)88(62)80(50,54)84(58)90(64)83(57)79(49,53)87(61)93(66)96(70)100(74)99(73)95(69)91(65)85(59,77)103(81)107(89)104(82,86)110(92)114(97)119(101)120(102)116(98)112(94)106(84,88)108(90)105(83,87)111(93)115(96)118(100)117(99)113(95)109(91,103)121(107,110)123(113,114)125(117,119)126(118,120)124(115,116)122(108,111)112/h5-42H,1-4H2. The van der Waals surface area contributed by atoms with Gasteiger partial charge >= 0.3 is 0 Å². The second-order valence-corrected chi connectivity index (χ2v) is 86.8. The first-order valence-corrected chi connectivity index (χ1v) is 62.8. The zero-order valence-electron chi connectivity index (χ0n) is 66.8. The fraction of sp³-hybridized carbons (Fsp3) is 1.00. The topological polar surface area (TPSA) is 0 Å². The van der Waals surface area contributed by atoms with Gasteiger partial charge in [0.25, 0.3) is 0 Å². The summed E-state index contributed by atoms with van der Waals surface area (Å²) in [5.41, 5.74) is 97.9. The summed E-state index contributed by atoms with van der Waals surface area (Å²) in [4.78, 5) is 0. The molecule has 0 aromatic carbocycles. The highest BCUT2D eigenvalue weighted by Crippen LogP contribution is 4.01. The molecule has 104 rings (SSSR count). The van der Waals surface area contributed by atoms with E-state index in [0.717, 1.165) is 206 Å². The lowest BCUT2D eigenvalue weighted by atomic mass is 8.16. The largest absolute Gasteiger partial charge is 0.0458 e. The molecule has 108 unspecified atom stereocenters. The van der Waals surface area contributed by atoms with E-state index >= 15 is 0 Å². The van der Waals surface area contributed by atoms with Crippen molar-refractivity contribution >= 4 is 0 Å². The molecule has 104 fully saturated rings. The van der Waals surface area contributed by atoms with E-state index in [4.69, 9.17) is 0 Å². The lowest BCUT2D eigenvalue weighted by molar-refractivity contribution is -1.14. The molecule has 0 radical (unpaired) electrons. The number of fused-ring (bicyclic) bond motifs is 34. The third-order valence-corrected chi connectivity index (χ3v) is 122. The molecule has 0 heterocycles.